The van der Waals surface area contributed by atoms with Gasteiger partial charge in [-0.25, -0.2) is 9.59 Å². The van der Waals surface area contributed by atoms with E-state index in [1.54, 1.807) is 20.8 Å². The summed E-state index contributed by atoms with van der Waals surface area (Å²) < 4.78 is 4.95. The molecule has 0 aliphatic rings. The van der Waals surface area contributed by atoms with E-state index in [2.05, 4.69) is 16.0 Å². The van der Waals surface area contributed by atoms with Gasteiger partial charge in [-0.1, -0.05) is 0 Å². The van der Waals surface area contributed by atoms with E-state index < -0.39 is 54.1 Å². The molecular formula is C15H25N3O8. The molecule has 0 radical (unpaired) electrons. The van der Waals surface area contributed by atoms with Crippen molar-refractivity contribution in [1.82, 2.24) is 16.0 Å². The molecule has 11 heteroatoms. The van der Waals surface area contributed by atoms with Gasteiger partial charge in [-0.15, -0.1) is 0 Å². The smallest absolute Gasteiger partial charge is 0.408 e. The number of nitrogens with one attached hydrogen (secondary N) is 3. The van der Waals surface area contributed by atoms with Crippen molar-refractivity contribution in [2.75, 3.05) is 6.54 Å². The first-order valence-electron chi connectivity index (χ1n) is 7.83. The normalized spacial score (nSPS) is 13.1. The Hall–Kier alpha value is -2.85. The Morgan fingerprint density at radius 1 is 1.04 bits per heavy atom. The van der Waals surface area contributed by atoms with Crippen molar-refractivity contribution in [2.24, 2.45) is 0 Å². The number of carboxylic acids is 2. The van der Waals surface area contributed by atoms with Crippen LogP contribution in [0.1, 0.15) is 40.5 Å². The van der Waals surface area contributed by atoms with Crippen LogP contribution in [0.3, 0.4) is 0 Å². The molecule has 0 saturated carbocycles. The van der Waals surface area contributed by atoms with Crippen LogP contribution in [-0.4, -0.2) is 64.3 Å². The summed E-state index contributed by atoms with van der Waals surface area (Å²) in [5.74, 6) is -3.88. The SMILES string of the molecule is C[C@H](NC(=O)CC[C@H](NC(=O)OC(C)(C)C)C(=O)O)C(=O)NCC(=O)O. The topological polar surface area (TPSA) is 171 Å². The zero-order chi connectivity index (χ0) is 20.5. The molecule has 5 N–H and O–H groups in total. The highest BCUT2D eigenvalue weighted by atomic mass is 16.6. The number of ether oxygens (including phenoxy) is 1. The number of hydrogen-bond donors (Lipinski definition) is 5. The van der Waals surface area contributed by atoms with Crippen LogP contribution in [0.25, 0.3) is 0 Å². The van der Waals surface area contributed by atoms with Gasteiger partial charge in [0.2, 0.25) is 11.8 Å². The lowest BCUT2D eigenvalue weighted by Gasteiger charge is -2.22. The van der Waals surface area contributed by atoms with Gasteiger partial charge in [0.05, 0.1) is 0 Å². The third-order valence-corrected chi connectivity index (χ3v) is 2.83. The summed E-state index contributed by atoms with van der Waals surface area (Å²) in [6.45, 7) is 5.62. The first-order chi connectivity index (χ1) is 11.8. The standard InChI is InChI=1S/C15H25N3O8/c1-8(12(22)16-7-11(20)21)17-10(19)6-5-9(13(23)24)18-14(25)26-15(2,3)4/h8-9H,5-7H2,1-4H3,(H,16,22)(H,17,19)(H,18,25)(H,20,21)(H,23,24)/t8-,9-/m0/s1. The zero-order valence-corrected chi connectivity index (χ0v) is 15.1. The molecule has 0 bridgehead atoms. The Morgan fingerprint density at radius 2 is 1.62 bits per heavy atom. The van der Waals surface area contributed by atoms with E-state index in [1.807, 2.05) is 0 Å². The number of alkyl carbamates (subject to hydrolysis) is 1. The summed E-state index contributed by atoms with van der Waals surface area (Å²) >= 11 is 0. The van der Waals surface area contributed by atoms with Crippen molar-refractivity contribution < 1.29 is 38.9 Å². The number of rotatable bonds is 9. The van der Waals surface area contributed by atoms with Crippen molar-refractivity contribution >= 4 is 29.8 Å². The summed E-state index contributed by atoms with van der Waals surface area (Å²) in [4.78, 5) is 56.5. The summed E-state index contributed by atoms with van der Waals surface area (Å²) in [6, 6.07) is -2.34. The fourth-order valence-electron chi connectivity index (χ4n) is 1.68. The highest BCUT2D eigenvalue weighted by Gasteiger charge is 2.25. The van der Waals surface area contributed by atoms with Gasteiger partial charge < -0.3 is 30.9 Å². The number of aliphatic carboxylic acids is 2. The summed E-state index contributed by atoms with van der Waals surface area (Å²) in [5.41, 5.74) is -0.802. The van der Waals surface area contributed by atoms with Gasteiger partial charge in [0.25, 0.3) is 0 Å². The van der Waals surface area contributed by atoms with Gasteiger partial charge in [-0.05, 0) is 34.1 Å². The van der Waals surface area contributed by atoms with Gasteiger partial charge in [-0.3, -0.25) is 14.4 Å². The van der Waals surface area contributed by atoms with Crippen molar-refractivity contribution in [1.29, 1.82) is 0 Å². The Morgan fingerprint density at radius 3 is 2.08 bits per heavy atom. The third kappa shape index (κ3) is 10.8. The predicted molar refractivity (Wildman–Crippen MR) is 88.3 cm³/mol. The van der Waals surface area contributed by atoms with Crippen LogP contribution in [0.4, 0.5) is 4.79 Å². The minimum absolute atomic E-state index is 0.218. The fourth-order valence-corrected chi connectivity index (χ4v) is 1.68. The van der Waals surface area contributed by atoms with E-state index in [-0.39, 0.29) is 12.8 Å². The Kier molecular flexibility index (Phi) is 9.09. The Bertz CT molecular complexity index is 556. The summed E-state index contributed by atoms with van der Waals surface area (Å²) in [5, 5.41) is 24.1. The third-order valence-electron chi connectivity index (χ3n) is 2.83. The average molecular weight is 375 g/mol. The highest BCUT2D eigenvalue weighted by molar-refractivity contribution is 5.89. The molecule has 0 fully saturated rings. The molecule has 0 saturated heterocycles. The molecule has 0 heterocycles. The molecule has 2 atom stereocenters. The molecule has 0 rings (SSSR count). The summed E-state index contributed by atoms with van der Waals surface area (Å²) in [7, 11) is 0. The lowest BCUT2D eigenvalue weighted by atomic mass is 10.1. The maximum atomic E-state index is 11.8. The maximum absolute atomic E-state index is 11.8. The molecule has 26 heavy (non-hydrogen) atoms. The number of amides is 3. The molecule has 3 amide bonds. The van der Waals surface area contributed by atoms with Gasteiger partial charge in [0.1, 0.15) is 24.2 Å². The van der Waals surface area contributed by atoms with E-state index >= 15 is 0 Å². The quantitative estimate of drug-likeness (QED) is 0.357. The van der Waals surface area contributed by atoms with Gasteiger partial charge >= 0.3 is 18.0 Å². The number of hydrogen-bond acceptors (Lipinski definition) is 6. The van der Waals surface area contributed by atoms with Gasteiger partial charge in [0.15, 0.2) is 0 Å². The summed E-state index contributed by atoms with van der Waals surface area (Å²) in [6.07, 6.45) is -1.42. The van der Waals surface area contributed by atoms with Crippen LogP contribution in [0.2, 0.25) is 0 Å². The average Bonchev–Trinajstić information content (AvgIpc) is 2.46. The number of carbonyl (C=O) groups is 5. The molecular weight excluding hydrogens is 350 g/mol. The molecule has 0 aliphatic carbocycles. The van der Waals surface area contributed by atoms with Crippen LogP contribution in [0.5, 0.6) is 0 Å². The van der Waals surface area contributed by atoms with Crippen LogP contribution in [0, 0.1) is 0 Å². The van der Waals surface area contributed by atoms with Crippen molar-refractivity contribution in [3.63, 3.8) is 0 Å². The lowest BCUT2D eigenvalue weighted by Crippen LogP contribution is -2.47. The van der Waals surface area contributed by atoms with Crippen LogP contribution >= 0.6 is 0 Å². The predicted octanol–water partition coefficient (Wildman–Crippen LogP) is -0.550. The maximum Gasteiger partial charge on any atom is 0.408 e. The second kappa shape index (κ2) is 10.2. The molecule has 11 nitrogen and oxygen atoms in total. The second-order valence-corrected chi connectivity index (χ2v) is 6.48. The fraction of sp³-hybridized carbons (Fsp3) is 0.667. The van der Waals surface area contributed by atoms with Crippen LogP contribution in [-0.2, 0) is 23.9 Å². The molecule has 148 valence electrons. The number of carboxylic acid groups (broad SMARTS) is 2. The molecule has 0 aromatic rings. The van der Waals surface area contributed by atoms with Gasteiger partial charge in [0, 0.05) is 6.42 Å². The zero-order valence-electron chi connectivity index (χ0n) is 15.1. The monoisotopic (exact) mass is 375 g/mol. The largest absolute Gasteiger partial charge is 0.480 e. The Balaban J connectivity index is 4.45. The first kappa shape index (κ1) is 23.1. The Labute approximate surface area is 150 Å². The minimum atomic E-state index is -1.34. The van der Waals surface area contributed by atoms with E-state index in [4.69, 9.17) is 14.9 Å². The highest BCUT2D eigenvalue weighted by Crippen LogP contribution is 2.08. The lowest BCUT2D eigenvalue weighted by molar-refractivity contribution is -0.140. The van der Waals surface area contributed by atoms with Crippen LogP contribution in [0.15, 0.2) is 0 Å². The molecule has 0 unspecified atom stereocenters. The minimum Gasteiger partial charge on any atom is -0.480 e. The molecule has 0 spiro atoms. The first-order valence-corrected chi connectivity index (χ1v) is 7.83. The van der Waals surface area contributed by atoms with Crippen molar-refractivity contribution in [2.45, 2.75) is 58.2 Å². The van der Waals surface area contributed by atoms with Crippen molar-refractivity contribution in [3.05, 3.63) is 0 Å². The van der Waals surface area contributed by atoms with E-state index in [1.165, 1.54) is 6.92 Å². The van der Waals surface area contributed by atoms with Crippen molar-refractivity contribution in [3.8, 4) is 0 Å². The van der Waals surface area contributed by atoms with E-state index in [0.29, 0.717) is 0 Å². The molecule has 0 aliphatic heterocycles. The number of carbonyl (C=O) groups excluding carboxylic acids is 3. The van der Waals surface area contributed by atoms with E-state index in [0.717, 1.165) is 0 Å². The second-order valence-electron chi connectivity index (χ2n) is 6.48. The van der Waals surface area contributed by atoms with E-state index in [9.17, 15) is 24.0 Å². The van der Waals surface area contributed by atoms with Gasteiger partial charge in [-0.2, -0.15) is 0 Å². The molecule has 0 aromatic carbocycles. The van der Waals surface area contributed by atoms with Crippen LogP contribution < -0.4 is 16.0 Å². The molecule has 0 aromatic heterocycles.